The predicted molar refractivity (Wildman–Crippen MR) is 79.8 cm³/mol. The van der Waals surface area contributed by atoms with Crippen molar-refractivity contribution in [2.45, 2.75) is 83.3 Å². The summed E-state index contributed by atoms with van der Waals surface area (Å²) in [6.45, 7) is 12.2. The van der Waals surface area contributed by atoms with Crippen LogP contribution in [0.4, 0.5) is 13.2 Å². The average Bonchev–Trinajstić information content (AvgIpc) is 2.29. The lowest BCUT2D eigenvalue weighted by molar-refractivity contribution is -0.183. The van der Waals surface area contributed by atoms with Crippen molar-refractivity contribution in [3.05, 3.63) is 0 Å². The normalized spacial score (nSPS) is 27.6. The first kappa shape index (κ1) is 19.4. The van der Waals surface area contributed by atoms with Gasteiger partial charge in [-0.15, -0.1) is 0 Å². The standard InChI is InChI=1S/C14H26F3NO3Si/c1-9-10(18-12(19)14(15,16)17)7-8-11(20-9)21-22(5,6)13(2,3)4/h9-11H,7-8H2,1-6H3,(H,18,19). The zero-order valence-electron chi connectivity index (χ0n) is 14.0. The van der Waals surface area contributed by atoms with E-state index in [-0.39, 0.29) is 5.04 Å². The molecule has 0 saturated carbocycles. The molecule has 1 fully saturated rings. The summed E-state index contributed by atoms with van der Waals surface area (Å²) in [5, 5.41) is 2.02. The van der Waals surface area contributed by atoms with Gasteiger partial charge in [0.15, 0.2) is 8.32 Å². The molecule has 0 aromatic carbocycles. The number of amides is 1. The van der Waals surface area contributed by atoms with Gasteiger partial charge in [0.2, 0.25) is 0 Å². The molecule has 1 aliphatic heterocycles. The summed E-state index contributed by atoms with van der Waals surface area (Å²) < 4.78 is 48.7. The third-order valence-corrected chi connectivity index (χ3v) is 8.92. The molecule has 8 heteroatoms. The van der Waals surface area contributed by atoms with Crippen LogP contribution in [0.5, 0.6) is 0 Å². The summed E-state index contributed by atoms with van der Waals surface area (Å²) in [4.78, 5) is 11.0. The van der Waals surface area contributed by atoms with Crippen molar-refractivity contribution in [2.75, 3.05) is 0 Å². The summed E-state index contributed by atoms with van der Waals surface area (Å²) in [5.74, 6) is -1.92. The third-order valence-electron chi connectivity index (χ3n) is 4.45. The van der Waals surface area contributed by atoms with E-state index >= 15 is 0 Å². The molecular formula is C14H26F3NO3Si. The number of nitrogens with one attached hydrogen (secondary N) is 1. The van der Waals surface area contributed by atoms with Crippen molar-refractivity contribution in [1.82, 2.24) is 5.32 Å². The minimum Gasteiger partial charge on any atom is -0.392 e. The minimum absolute atomic E-state index is 0.0287. The lowest BCUT2D eigenvalue weighted by Gasteiger charge is -2.42. The Kier molecular flexibility index (Phi) is 5.73. The van der Waals surface area contributed by atoms with Crippen LogP contribution in [0.1, 0.15) is 40.5 Å². The van der Waals surface area contributed by atoms with Crippen LogP contribution in [0.25, 0.3) is 0 Å². The second-order valence-electron chi connectivity index (χ2n) is 7.30. The van der Waals surface area contributed by atoms with E-state index in [0.717, 1.165) is 0 Å². The summed E-state index contributed by atoms with van der Waals surface area (Å²) in [5.41, 5.74) is 0. The summed E-state index contributed by atoms with van der Waals surface area (Å²) in [6.07, 6.45) is -4.93. The Balaban J connectivity index is 2.58. The van der Waals surface area contributed by atoms with Crippen molar-refractivity contribution in [2.24, 2.45) is 0 Å². The van der Waals surface area contributed by atoms with Crippen LogP contribution in [0.2, 0.25) is 18.1 Å². The van der Waals surface area contributed by atoms with Crippen molar-refractivity contribution in [3.8, 4) is 0 Å². The summed E-state index contributed by atoms with van der Waals surface area (Å²) in [7, 11) is -2.00. The molecule has 1 heterocycles. The zero-order valence-corrected chi connectivity index (χ0v) is 15.0. The number of hydrogen-bond donors (Lipinski definition) is 1. The smallest absolute Gasteiger partial charge is 0.392 e. The summed E-state index contributed by atoms with van der Waals surface area (Å²) >= 11 is 0. The number of hydrogen-bond acceptors (Lipinski definition) is 3. The second kappa shape index (κ2) is 6.49. The molecule has 0 aromatic heterocycles. The van der Waals surface area contributed by atoms with E-state index in [1.165, 1.54) is 0 Å². The molecule has 0 bridgehead atoms. The monoisotopic (exact) mass is 341 g/mol. The number of carbonyl (C=O) groups excluding carboxylic acids is 1. The lowest BCUT2D eigenvalue weighted by Crippen LogP contribution is -2.54. The highest BCUT2D eigenvalue weighted by atomic mass is 28.4. The molecule has 1 N–H and O–H groups in total. The van der Waals surface area contributed by atoms with Crippen LogP contribution in [-0.2, 0) is 14.0 Å². The molecule has 1 rings (SSSR count). The highest BCUT2D eigenvalue weighted by molar-refractivity contribution is 6.74. The highest BCUT2D eigenvalue weighted by Crippen LogP contribution is 2.38. The number of alkyl halides is 3. The maximum atomic E-state index is 12.3. The average molecular weight is 341 g/mol. The van der Waals surface area contributed by atoms with Gasteiger partial charge in [-0.2, -0.15) is 13.2 Å². The fraction of sp³-hybridized carbons (Fsp3) is 0.929. The van der Waals surface area contributed by atoms with Gasteiger partial charge >= 0.3 is 12.1 Å². The number of halogens is 3. The van der Waals surface area contributed by atoms with E-state index in [2.05, 4.69) is 33.9 Å². The fourth-order valence-corrected chi connectivity index (χ4v) is 3.17. The third kappa shape index (κ3) is 4.96. The first-order valence-corrected chi connectivity index (χ1v) is 10.4. The van der Waals surface area contributed by atoms with Gasteiger partial charge in [0, 0.05) is 0 Å². The van der Waals surface area contributed by atoms with E-state index in [9.17, 15) is 18.0 Å². The van der Waals surface area contributed by atoms with E-state index in [4.69, 9.17) is 9.16 Å². The SMILES string of the molecule is CC1OC(O[Si](C)(C)C(C)(C)C)CCC1NC(=O)C(F)(F)F. The maximum Gasteiger partial charge on any atom is 0.471 e. The summed E-state index contributed by atoms with van der Waals surface area (Å²) in [6, 6.07) is -0.645. The molecule has 0 aromatic rings. The molecule has 3 unspecified atom stereocenters. The molecular weight excluding hydrogens is 315 g/mol. The minimum atomic E-state index is -4.87. The number of rotatable bonds is 3. The molecule has 1 aliphatic rings. The van der Waals surface area contributed by atoms with E-state index in [1.807, 2.05) is 5.32 Å². The van der Waals surface area contributed by atoms with Crippen molar-refractivity contribution < 1.29 is 27.1 Å². The van der Waals surface area contributed by atoms with E-state index in [0.29, 0.717) is 12.8 Å². The van der Waals surface area contributed by atoms with Crippen molar-refractivity contribution in [1.29, 1.82) is 0 Å². The molecule has 22 heavy (non-hydrogen) atoms. The second-order valence-corrected chi connectivity index (χ2v) is 12.1. The maximum absolute atomic E-state index is 12.3. The first-order valence-electron chi connectivity index (χ1n) is 7.45. The lowest BCUT2D eigenvalue weighted by atomic mass is 10.0. The highest BCUT2D eigenvalue weighted by Gasteiger charge is 2.44. The molecule has 130 valence electrons. The van der Waals surface area contributed by atoms with Gasteiger partial charge < -0.3 is 14.5 Å². The van der Waals surface area contributed by atoms with Gasteiger partial charge in [0.25, 0.3) is 0 Å². The molecule has 4 nitrogen and oxygen atoms in total. The van der Waals surface area contributed by atoms with Crippen LogP contribution < -0.4 is 5.32 Å². The van der Waals surface area contributed by atoms with Gasteiger partial charge in [-0.05, 0) is 37.9 Å². The van der Waals surface area contributed by atoms with Crippen LogP contribution in [0, 0.1) is 0 Å². The van der Waals surface area contributed by atoms with Crippen LogP contribution in [0.3, 0.4) is 0 Å². The predicted octanol–water partition coefficient (Wildman–Crippen LogP) is 3.58. The Morgan fingerprint density at radius 2 is 1.77 bits per heavy atom. The first-order chi connectivity index (χ1) is 9.74. The van der Waals surface area contributed by atoms with Crippen LogP contribution >= 0.6 is 0 Å². The topological polar surface area (TPSA) is 47.6 Å². The fourth-order valence-electron chi connectivity index (χ4n) is 1.98. The van der Waals surface area contributed by atoms with Gasteiger partial charge in [-0.3, -0.25) is 4.79 Å². The molecule has 0 radical (unpaired) electrons. The Morgan fingerprint density at radius 3 is 2.18 bits per heavy atom. The van der Waals surface area contributed by atoms with Gasteiger partial charge in [0.1, 0.15) is 6.29 Å². The van der Waals surface area contributed by atoms with Gasteiger partial charge in [0.05, 0.1) is 12.1 Å². The van der Waals surface area contributed by atoms with E-state index in [1.54, 1.807) is 6.92 Å². The Hall–Kier alpha value is -0.603. The Labute approximate surface area is 130 Å². The van der Waals surface area contributed by atoms with Crippen LogP contribution in [0.15, 0.2) is 0 Å². The Bertz CT molecular complexity index is 407. The molecule has 0 aliphatic carbocycles. The molecule has 0 spiro atoms. The number of carbonyl (C=O) groups is 1. The largest absolute Gasteiger partial charge is 0.471 e. The molecule has 1 saturated heterocycles. The van der Waals surface area contributed by atoms with Crippen LogP contribution in [-0.4, -0.2) is 38.8 Å². The van der Waals surface area contributed by atoms with Crippen molar-refractivity contribution >= 4 is 14.2 Å². The van der Waals surface area contributed by atoms with Gasteiger partial charge in [-0.1, -0.05) is 20.8 Å². The quantitative estimate of drug-likeness (QED) is 0.798. The molecule has 1 amide bonds. The molecule has 3 atom stereocenters. The van der Waals surface area contributed by atoms with E-state index < -0.39 is 38.8 Å². The zero-order chi connectivity index (χ0) is 17.3. The van der Waals surface area contributed by atoms with Gasteiger partial charge in [-0.25, -0.2) is 0 Å². The number of ether oxygens (including phenoxy) is 1. The van der Waals surface area contributed by atoms with Crippen molar-refractivity contribution in [3.63, 3.8) is 0 Å². The Morgan fingerprint density at radius 1 is 1.23 bits per heavy atom.